The number of hydrogen-bond acceptors (Lipinski definition) is 0. The minimum atomic E-state index is -2.06. The second kappa shape index (κ2) is 24.4. The van der Waals surface area contributed by atoms with E-state index in [0.717, 1.165) is 16.8 Å². The van der Waals surface area contributed by atoms with Crippen LogP contribution in [0.25, 0.3) is 45.0 Å². The fourth-order valence-corrected chi connectivity index (χ4v) is 10.5. The lowest BCUT2D eigenvalue weighted by Crippen LogP contribution is -2.34. The molecule has 0 radical (unpaired) electrons. The van der Waals surface area contributed by atoms with Crippen LogP contribution in [0.1, 0.15) is 160 Å². The van der Waals surface area contributed by atoms with Gasteiger partial charge in [-0.05, 0) is 153 Å². The molecule has 8 rings (SSSR count). The second-order valence-corrected chi connectivity index (χ2v) is 26.0. The molecule has 4 heteroatoms. The van der Waals surface area contributed by atoms with Crippen LogP contribution in [0, 0.1) is 62.2 Å². The Kier molecular flexibility index (Phi) is 18.0. The molecule has 0 saturated heterocycles. The predicted octanol–water partition coefficient (Wildman–Crippen LogP) is 16.7. The summed E-state index contributed by atoms with van der Waals surface area (Å²) in [7, 11) is 8.44. The zero-order chi connectivity index (χ0) is 60.2. The van der Waals surface area contributed by atoms with Crippen LogP contribution in [0.4, 0.5) is 0 Å². The summed E-state index contributed by atoms with van der Waals surface area (Å²) in [6.45, 7) is 42.1. The Balaban J connectivity index is 0.000000197. The lowest BCUT2D eigenvalue weighted by molar-refractivity contribution is -0.661. The molecule has 4 heterocycles. The van der Waals surface area contributed by atoms with E-state index in [1.165, 1.54) is 95.0 Å². The van der Waals surface area contributed by atoms with Crippen molar-refractivity contribution in [1.82, 2.24) is 0 Å². The first-order valence-corrected chi connectivity index (χ1v) is 27.6. The van der Waals surface area contributed by atoms with Crippen molar-refractivity contribution in [3.63, 3.8) is 0 Å². The van der Waals surface area contributed by atoms with Gasteiger partial charge in [0.15, 0.2) is 24.8 Å². The lowest BCUT2D eigenvalue weighted by atomic mass is 9.84. The van der Waals surface area contributed by atoms with E-state index in [2.05, 4.69) is 293 Å². The van der Waals surface area contributed by atoms with Crippen molar-refractivity contribution in [3.8, 4) is 45.0 Å². The quantitative estimate of drug-likeness (QED) is 0.156. The van der Waals surface area contributed by atoms with Crippen molar-refractivity contribution >= 4 is 0 Å². The van der Waals surface area contributed by atoms with Gasteiger partial charge in [0.25, 0.3) is 0 Å². The molecule has 4 nitrogen and oxygen atoms in total. The normalized spacial score (nSPS) is 12.4. The molecule has 0 unspecified atom stereocenters. The Morgan fingerprint density at radius 3 is 0.948 bits per heavy atom. The molecule has 0 bridgehead atoms. The van der Waals surface area contributed by atoms with Crippen LogP contribution in [0.3, 0.4) is 0 Å². The van der Waals surface area contributed by atoms with Crippen LogP contribution in [0.5, 0.6) is 0 Å². The summed E-state index contributed by atoms with van der Waals surface area (Å²) in [5.74, 6) is 0. The molecular weight excluding hydrogens is 933 g/mol. The van der Waals surface area contributed by atoms with Crippen molar-refractivity contribution in [2.24, 2.45) is 28.2 Å². The third kappa shape index (κ3) is 15.6. The fraction of sp³-hybridized carbons (Fsp3) is 0.397. The SMILES string of the molecule is Cc1ccc(-c2ccc(C(C)(C)C)c[n+]2C)c(C)c1.Cc1ccccc1-c1cc(C)c(C(C)(C)C)c[n+]1C.Cc1ccccc1-c1cc(C)c(C(C)(C)C)c[n+]1C.[2H]C([2H])([2H])c1ccc(-c2cc(C)c(C(C)(C)C)c[n+]2C)c(C)c1. The molecule has 8 aromatic rings. The van der Waals surface area contributed by atoms with Crippen LogP contribution >= 0.6 is 0 Å². The monoisotopic (exact) mass is 1030 g/mol. The number of aryl methyl sites for hydroxylation is 13. The van der Waals surface area contributed by atoms with E-state index in [-0.39, 0.29) is 21.7 Å². The molecule has 0 spiro atoms. The summed E-state index contributed by atoms with van der Waals surface area (Å²) in [5.41, 5.74) is 26.8. The van der Waals surface area contributed by atoms with E-state index in [4.69, 9.17) is 4.11 Å². The maximum absolute atomic E-state index is 7.55. The van der Waals surface area contributed by atoms with E-state index < -0.39 is 6.85 Å². The van der Waals surface area contributed by atoms with Gasteiger partial charge in [-0.2, -0.15) is 0 Å². The molecule has 0 aliphatic rings. The Bertz CT molecular complexity index is 3370. The largest absolute Gasteiger partial charge is 0.212 e. The van der Waals surface area contributed by atoms with Crippen LogP contribution in [0.2, 0.25) is 0 Å². The van der Waals surface area contributed by atoms with Crippen molar-refractivity contribution in [2.45, 2.75) is 167 Å². The molecule has 4 aromatic carbocycles. The van der Waals surface area contributed by atoms with E-state index in [0.29, 0.717) is 5.56 Å². The first-order valence-electron chi connectivity index (χ1n) is 29.1. The molecule has 4 aromatic heterocycles. The van der Waals surface area contributed by atoms with E-state index in [1.54, 1.807) is 12.1 Å². The third-order valence-electron chi connectivity index (χ3n) is 14.9. The van der Waals surface area contributed by atoms with Crippen molar-refractivity contribution in [2.75, 3.05) is 0 Å². The van der Waals surface area contributed by atoms with Crippen LogP contribution in [0.15, 0.2) is 140 Å². The molecule has 0 fully saturated rings. The minimum Gasteiger partial charge on any atom is -0.201 e. The zero-order valence-corrected chi connectivity index (χ0v) is 52.1. The average molecular weight is 1030 g/mol. The van der Waals surface area contributed by atoms with Crippen molar-refractivity contribution in [1.29, 1.82) is 0 Å². The number of aromatic nitrogens is 4. The summed E-state index contributed by atoms with van der Waals surface area (Å²) in [6.07, 6.45) is 8.98. The maximum Gasteiger partial charge on any atom is 0.212 e. The minimum absolute atomic E-state index is 0.0978. The first kappa shape index (κ1) is 56.7. The average Bonchev–Trinajstić information content (AvgIpc) is 3.33. The number of benzene rings is 4. The molecular formula is C73H98N4+4. The van der Waals surface area contributed by atoms with Gasteiger partial charge in [0.1, 0.15) is 28.2 Å². The van der Waals surface area contributed by atoms with Crippen LogP contribution in [-0.2, 0) is 49.9 Å². The van der Waals surface area contributed by atoms with Crippen molar-refractivity contribution in [3.05, 3.63) is 212 Å². The highest BCUT2D eigenvalue weighted by Gasteiger charge is 2.26. The standard InChI is InChI=1S/C19H26N.3C18H24N/c1-13-8-9-16(14(2)10-13)18-11-15(3)17(12-20(18)7)19(4,5)6;1-13-7-9-16(14(2)11-13)17-10-8-15(12-19(17)6)18(3,4)5;2*1-13-9-7-8-10-15(13)17-11-14(2)16(12-19(17)6)18(3,4)5/h8-12H,1-7H3;3*7-12H,1-6H3/q4*+1/i1D3;;;. The number of pyridine rings is 4. The summed E-state index contributed by atoms with van der Waals surface area (Å²) in [4.78, 5) is 0. The number of hydrogen-bond donors (Lipinski definition) is 0. The van der Waals surface area contributed by atoms with Gasteiger partial charge < -0.3 is 0 Å². The molecule has 0 atom stereocenters. The summed E-state index contributed by atoms with van der Waals surface area (Å²) in [5, 5.41) is 0. The predicted molar refractivity (Wildman–Crippen MR) is 330 cm³/mol. The zero-order valence-electron chi connectivity index (χ0n) is 55.1. The topological polar surface area (TPSA) is 15.5 Å². The van der Waals surface area contributed by atoms with E-state index in [9.17, 15) is 0 Å². The Hall–Kier alpha value is -6.52. The number of rotatable bonds is 4. The molecule has 0 amide bonds. The molecule has 0 saturated carbocycles. The molecule has 0 aliphatic carbocycles. The van der Waals surface area contributed by atoms with E-state index in [1.807, 2.05) is 20.0 Å². The van der Waals surface area contributed by atoms with Gasteiger partial charge in [-0.3, -0.25) is 0 Å². The van der Waals surface area contributed by atoms with Gasteiger partial charge in [-0.15, -0.1) is 0 Å². The van der Waals surface area contributed by atoms with Gasteiger partial charge in [0.05, 0.1) is 0 Å². The highest BCUT2D eigenvalue weighted by atomic mass is 14.9. The van der Waals surface area contributed by atoms with Crippen LogP contribution < -0.4 is 18.3 Å². The molecule has 0 aliphatic heterocycles. The van der Waals surface area contributed by atoms with Crippen LogP contribution in [-0.4, -0.2) is 0 Å². The molecule has 77 heavy (non-hydrogen) atoms. The Labute approximate surface area is 472 Å². The summed E-state index contributed by atoms with van der Waals surface area (Å²) < 4.78 is 31.5. The Morgan fingerprint density at radius 1 is 0.299 bits per heavy atom. The smallest absolute Gasteiger partial charge is 0.201 e. The van der Waals surface area contributed by atoms with Gasteiger partial charge in [0.2, 0.25) is 22.8 Å². The van der Waals surface area contributed by atoms with Gasteiger partial charge in [-0.25, -0.2) is 18.3 Å². The molecule has 0 N–H and O–H groups in total. The highest BCUT2D eigenvalue weighted by Crippen LogP contribution is 2.32. The fourth-order valence-electron chi connectivity index (χ4n) is 10.5. The summed E-state index contributed by atoms with van der Waals surface area (Å²) in [6, 6.07) is 40.5. The second-order valence-electron chi connectivity index (χ2n) is 26.0. The highest BCUT2D eigenvalue weighted by molar-refractivity contribution is 5.65. The van der Waals surface area contributed by atoms with E-state index >= 15 is 0 Å². The maximum atomic E-state index is 7.55. The van der Waals surface area contributed by atoms with Gasteiger partial charge >= 0.3 is 0 Å². The summed E-state index contributed by atoms with van der Waals surface area (Å²) >= 11 is 0. The van der Waals surface area contributed by atoms with Crippen molar-refractivity contribution < 1.29 is 22.4 Å². The first-order chi connectivity index (χ1) is 36.8. The molecule has 406 valence electrons. The Morgan fingerprint density at radius 2 is 0.623 bits per heavy atom. The number of nitrogens with zero attached hydrogens (tertiary/aromatic N) is 4. The van der Waals surface area contributed by atoms with Gasteiger partial charge in [-0.1, -0.05) is 155 Å². The lowest BCUT2D eigenvalue weighted by Gasteiger charge is -2.20. The third-order valence-corrected chi connectivity index (χ3v) is 14.9. The van der Waals surface area contributed by atoms with Gasteiger partial charge in [0, 0.05) is 72.9 Å².